The van der Waals surface area contributed by atoms with Gasteiger partial charge in [0.15, 0.2) is 0 Å². The van der Waals surface area contributed by atoms with Gasteiger partial charge in [0.1, 0.15) is 0 Å². The minimum absolute atomic E-state index is 0.750. The Bertz CT molecular complexity index is 203. The maximum absolute atomic E-state index is 5.75. The molecular weight excluding hydrogens is 236 g/mol. The molecule has 1 fully saturated rings. The van der Waals surface area contributed by atoms with Gasteiger partial charge in [-0.1, -0.05) is 20.8 Å². The molecule has 19 heavy (non-hydrogen) atoms. The van der Waals surface area contributed by atoms with Crippen LogP contribution in [0.4, 0.5) is 0 Å². The molecule has 0 spiro atoms. The second-order valence-electron chi connectivity index (χ2n) is 6.31. The van der Waals surface area contributed by atoms with Crippen LogP contribution in [0.15, 0.2) is 0 Å². The average molecular weight is 270 g/mol. The Morgan fingerprint density at radius 1 is 1.26 bits per heavy atom. The fourth-order valence-corrected chi connectivity index (χ4v) is 2.67. The summed E-state index contributed by atoms with van der Waals surface area (Å²) in [4.78, 5) is 2.59. The molecule has 1 rings (SSSR count). The van der Waals surface area contributed by atoms with Crippen LogP contribution < -0.4 is 5.32 Å². The first-order valence-corrected chi connectivity index (χ1v) is 8.23. The first-order chi connectivity index (χ1) is 9.22. The highest BCUT2D eigenvalue weighted by Crippen LogP contribution is 2.12. The van der Waals surface area contributed by atoms with Crippen molar-refractivity contribution in [2.45, 2.75) is 46.5 Å². The van der Waals surface area contributed by atoms with E-state index in [0.717, 1.165) is 31.6 Å². The van der Waals surface area contributed by atoms with Crippen LogP contribution in [0, 0.1) is 11.8 Å². The standard InChI is InChI=1S/C16H34N2O/c1-4-9-18(10-12-19-11-7-15(2)3)14-16-6-5-8-17-13-16/h15-17H,4-14H2,1-3H3. The van der Waals surface area contributed by atoms with Crippen molar-refractivity contribution >= 4 is 0 Å². The van der Waals surface area contributed by atoms with E-state index >= 15 is 0 Å². The van der Waals surface area contributed by atoms with Crippen LogP contribution in [0.1, 0.15) is 46.5 Å². The zero-order valence-electron chi connectivity index (χ0n) is 13.3. The molecule has 3 heteroatoms. The summed E-state index contributed by atoms with van der Waals surface area (Å²) in [5, 5.41) is 3.51. The van der Waals surface area contributed by atoms with E-state index in [-0.39, 0.29) is 0 Å². The Kier molecular flexibility index (Phi) is 9.48. The summed E-state index contributed by atoms with van der Waals surface area (Å²) < 4.78 is 5.75. The number of hydrogen-bond acceptors (Lipinski definition) is 3. The van der Waals surface area contributed by atoms with Gasteiger partial charge in [-0.3, -0.25) is 0 Å². The Morgan fingerprint density at radius 3 is 2.74 bits per heavy atom. The zero-order chi connectivity index (χ0) is 13.9. The van der Waals surface area contributed by atoms with Gasteiger partial charge in [0.05, 0.1) is 6.61 Å². The normalized spacial score (nSPS) is 20.4. The quantitative estimate of drug-likeness (QED) is 0.618. The topological polar surface area (TPSA) is 24.5 Å². The van der Waals surface area contributed by atoms with Gasteiger partial charge in [-0.25, -0.2) is 0 Å². The van der Waals surface area contributed by atoms with E-state index in [0.29, 0.717) is 0 Å². The molecule has 0 radical (unpaired) electrons. The molecule has 1 heterocycles. The molecule has 1 saturated heterocycles. The van der Waals surface area contributed by atoms with Crippen LogP contribution >= 0.6 is 0 Å². The Hall–Kier alpha value is -0.120. The number of hydrogen-bond donors (Lipinski definition) is 1. The molecule has 0 amide bonds. The van der Waals surface area contributed by atoms with Crippen LogP contribution in [-0.4, -0.2) is 50.8 Å². The lowest BCUT2D eigenvalue weighted by atomic mass is 9.99. The largest absolute Gasteiger partial charge is 0.380 e. The molecule has 1 unspecified atom stereocenters. The summed E-state index contributed by atoms with van der Waals surface area (Å²) >= 11 is 0. The van der Waals surface area contributed by atoms with Gasteiger partial charge < -0.3 is 15.0 Å². The molecule has 114 valence electrons. The third-order valence-electron chi connectivity index (χ3n) is 3.85. The number of piperidine rings is 1. The van der Waals surface area contributed by atoms with E-state index in [1.54, 1.807) is 0 Å². The van der Waals surface area contributed by atoms with Gasteiger partial charge in [-0.2, -0.15) is 0 Å². The smallest absolute Gasteiger partial charge is 0.0593 e. The lowest BCUT2D eigenvalue weighted by Gasteiger charge is -2.30. The first-order valence-electron chi connectivity index (χ1n) is 8.23. The summed E-state index contributed by atoms with van der Waals surface area (Å²) in [7, 11) is 0. The lowest BCUT2D eigenvalue weighted by molar-refractivity contribution is 0.0885. The Morgan fingerprint density at radius 2 is 2.11 bits per heavy atom. The van der Waals surface area contributed by atoms with Gasteiger partial charge in [0, 0.05) is 19.7 Å². The second kappa shape index (κ2) is 10.6. The predicted octanol–water partition coefficient (Wildman–Crippen LogP) is 2.76. The number of nitrogens with zero attached hydrogens (tertiary/aromatic N) is 1. The SMILES string of the molecule is CCCN(CCOCCC(C)C)CC1CCCNC1. The monoisotopic (exact) mass is 270 g/mol. The second-order valence-corrected chi connectivity index (χ2v) is 6.31. The van der Waals surface area contributed by atoms with Crippen LogP contribution in [-0.2, 0) is 4.74 Å². The average Bonchev–Trinajstić information content (AvgIpc) is 2.39. The number of nitrogens with one attached hydrogen (secondary N) is 1. The van der Waals surface area contributed by atoms with Crippen molar-refractivity contribution in [3.63, 3.8) is 0 Å². The van der Waals surface area contributed by atoms with Crippen LogP contribution in [0.2, 0.25) is 0 Å². The summed E-state index contributed by atoms with van der Waals surface area (Å²) in [6, 6.07) is 0. The maximum atomic E-state index is 5.75. The Labute approximate surface area is 120 Å². The zero-order valence-corrected chi connectivity index (χ0v) is 13.3. The van der Waals surface area contributed by atoms with E-state index in [4.69, 9.17) is 4.74 Å². The van der Waals surface area contributed by atoms with E-state index < -0.39 is 0 Å². The fraction of sp³-hybridized carbons (Fsp3) is 1.00. The van der Waals surface area contributed by atoms with Gasteiger partial charge in [0.2, 0.25) is 0 Å². The lowest BCUT2D eigenvalue weighted by Crippen LogP contribution is -2.39. The minimum Gasteiger partial charge on any atom is -0.380 e. The summed E-state index contributed by atoms with van der Waals surface area (Å²) in [5.74, 6) is 1.59. The van der Waals surface area contributed by atoms with Crippen molar-refractivity contribution in [2.75, 3.05) is 45.9 Å². The highest BCUT2D eigenvalue weighted by atomic mass is 16.5. The highest BCUT2D eigenvalue weighted by molar-refractivity contribution is 4.73. The molecular formula is C16H34N2O. The van der Waals surface area contributed by atoms with Crippen LogP contribution in [0.5, 0.6) is 0 Å². The van der Waals surface area contributed by atoms with Crippen LogP contribution in [0.3, 0.4) is 0 Å². The molecule has 3 nitrogen and oxygen atoms in total. The van der Waals surface area contributed by atoms with Crippen molar-refractivity contribution in [3.8, 4) is 0 Å². The Balaban J connectivity index is 2.12. The third-order valence-corrected chi connectivity index (χ3v) is 3.85. The summed E-state index contributed by atoms with van der Waals surface area (Å²) in [6.07, 6.45) is 5.16. The van der Waals surface area contributed by atoms with Gasteiger partial charge >= 0.3 is 0 Å². The van der Waals surface area contributed by atoms with Crippen molar-refractivity contribution in [2.24, 2.45) is 11.8 Å². The molecule has 1 atom stereocenters. The summed E-state index contributed by atoms with van der Waals surface area (Å²) in [5.41, 5.74) is 0. The molecule has 1 aliphatic heterocycles. The minimum atomic E-state index is 0.750. The van der Waals surface area contributed by atoms with E-state index in [1.165, 1.54) is 51.9 Å². The van der Waals surface area contributed by atoms with E-state index in [2.05, 4.69) is 31.0 Å². The molecule has 0 aromatic rings. The molecule has 0 aromatic heterocycles. The predicted molar refractivity (Wildman–Crippen MR) is 82.6 cm³/mol. The van der Waals surface area contributed by atoms with Crippen LogP contribution in [0.25, 0.3) is 0 Å². The number of ether oxygens (including phenoxy) is 1. The van der Waals surface area contributed by atoms with Crippen molar-refractivity contribution < 1.29 is 4.74 Å². The molecule has 0 aliphatic carbocycles. The van der Waals surface area contributed by atoms with Crippen molar-refractivity contribution in [1.82, 2.24) is 10.2 Å². The van der Waals surface area contributed by atoms with E-state index in [1.807, 2.05) is 0 Å². The number of rotatable bonds is 10. The third kappa shape index (κ3) is 8.61. The molecule has 0 saturated carbocycles. The first kappa shape index (κ1) is 16.9. The molecule has 0 aromatic carbocycles. The molecule has 0 bridgehead atoms. The maximum Gasteiger partial charge on any atom is 0.0593 e. The van der Waals surface area contributed by atoms with Crippen molar-refractivity contribution in [1.29, 1.82) is 0 Å². The van der Waals surface area contributed by atoms with Gasteiger partial charge in [-0.05, 0) is 57.2 Å². The van der Waals surface area contributed by atoms with E-state index in [9.17, 15) is 0 Å². The van der Waals surface area contributed by atoms with Gasteiger partial charge in [0.25, 0.3) is 0 Å². The highest BCUT2D eigenvalue weighted by Gasteiger charge is 2.16. The molecule has 1 N–H and O–H groups in total. The van der Waals surface area contributed by atoms with Gasteiger partial charge in [-0.15, -0.1) is 0 Å². The summed E-state index contributed by atoms with van der Waals surface area (Å²) in [6.45, 7) is 14.6. The fourth-order valence-electron chi connectivity index (χ4n) is 2.67. The van der Waals surface area contributed by atoms with Crippen molar-refractivity contribution in [3.05, 3.63) is 0 Å². The molecule has 1 aliphatic rings.